The summed E-state index contributed by atoms with van der Waals surface area (Å²) < 4.78 is 16.9. The van der Waals surface area contributed by atoms with Crippen LogP contribution in [0.3, 0.4) is 0 Å². The Hall–Kier alpha value is -2.95. The van der Waals surface area contributed by atoms with Crippen molar-refractivity contribution in [2.45, 2.75) is 118 Å². The van der Waals surface area contributed by atoms with Crippen LogP contribution in [-0.4, -0.2) is 90.3 Å². The van der Waals surface area contributed by atoms with Crippen LogP contribution in [-0.2, 0) is 53.1 Å². The fraction of sp³-hybridized carbons (Fsp3) is 0.618. The number of rotatable bonds is 1. The predicted octanol–water partition coefficient (Wildman–Crippen LogP) is 3.02. The molecule has 0 fully saturated rings. The average molecular weight is 865 g/mol. The number of hydrogen-bond donors (Lipinski definition) is 1. The first-order chi connectivity index (χ1) is 24.5. The van der Waals surface area contributed by atoms with Gasteiger partial charge in [-0.05, 0) is 78.2 Å². The summed E-state index contributed by atoms with van der Waals surface area (Å²) in [6, 6.07) is 0. The number of fused-ring (bicyclic) bond motifs is 3. The van der Waals surface area contributed by atoms with Gasteiger partial charge >= 0.3 is 37.1 Å². The number of carboxylic acids is 1. The van der Waals surface area contributed by atoms with Crippen LogP contribution in [0.15, 0.2) is 3.92 Å². The number of aromatic carboxylic acids is 1. The summed E-state index contributed by atoms with van der Waals surface area (Å²) in [6.07, 6.45) is 1.20. The standard InChI is InChI=1S/C12H16N2O4S.C11H15BrN2O2S.C11H17N3O2S.Li/c1-12(2,3)18-11(17)14-5-4-7-8(6-14)19-9(13-7)10(15)16;2*1-11(2,3)16-10(15)14-5-4-7-8(6-14)17-9(12)13-7;/h4-6H2,1-3H3,(H,15,16);4-6H2,1-3H3;4-6H2,1-3H3,(H2,12,13);/q;;;+1/p-1. The van der Waals surface area contributed by atoms with Gasteiger partial charge < -0.3 is 44.5 Å². The van der Waals surface area contributed by atoms with Gasteiger partial charge in [-0.1, -0.05) is 0 Å². The second-order valence-corrected chi connectivity index (χ2v) is 19.9. The topological polar surface area (TPSA) is 193 Å². The van der Waals surface area contributed by atoms with Gasteiger partial charge in [0.2, 0.25) is 0 Å². The molecule has 0 aromatic carbocycles. The number of halogens is 1. The SMILES string of the molecule is CC(C)(C)OC(=O)N1CCc2nc(Br)sc2C1.CC(C)(C)OC(=O)N1CCc2nc(C(=O)[O-])sc2C1.CC(C)(C)OC(=O)N1CCc2nc(N)sc2C1.[Li+]. The Labute approximate surface area is 348 Å². The first-order valence-electron chi connectivity index (χ1n) is 17.0. The molecule has 0 saturated carbocycles. The molecule has 0 aliphatic carbocycles. The summed E-state index contributed by atoms with van der Waals surface area (Å²) in [5, 5.41) is 11.3. The zero-order valence-corrected chi connectivity index (χ0v) is 36.5. The zero-order chi connectivity index (χ0) is 39.5. The third-order valence-corrected chi connectivity index (χ3v) is 10.8. The molecule has 15 nitrogen and oxygen atoms in total. The number of nitrogens with two attached hydrogens (primary N) is 1. The van der Waals surface area contributed by atoms with Gasteiger partial charge in [-0.3, -0.25) is 0 Å². The smallest absolute Gasteiger partial charge is 0.542 e. The monoisotopic (exact) mass is 863 g/mol. The van der Waals surface area contributed by atoms with Crippen LogP contribution in [0.2, 0.25) is 0 Å². The van der Waals surface area contributed by atoms with E-state index in [1.165, 1.54) is 11.3 Å². The van der Waals surface area contributed by atoms with E-state index in [4.69, 9.17) is 19.9 Å². The molecule has 0 atom stereocenters. The molecular formula is C34H47BrLiN7O8S3. The van der Waals surface area contributed by atoms with Crippen molar-refractivity contribution in [2.24, 2.45) is 0 Å². The van der Waals surface area contributed by atoms with Crippen molar-refractivity contribution in [3.05, 3.63) is 40.6 Å². The van der Waals surface area contributed by atoms with Gasteiger partial charge in [-0.2, -0.15) is 0 Å². The minimum absolute atomic E-state index is 0. The van der Waals surface area contributed by atoms with Gasteiger partial charge in [-0.25, -0.2) is 29.3 Å². The third kappa shape index (κ3) is 13.7. The van der Waals surface area contributed by atoms with Crippen molar-refractivity contribution in [1.29, 1.82) is 0 Å². The number of carboxylic acid groups (broad SMARTS) is 1. The zero-order valence-electron chi connectivity index (χ0n) is 32.5. The Morgan fingerprint density at radius 2 is 0.981 bits per heavy atom. The Morgan fingerprint density at radius 1 is 0.630 bits per heavy atom. The first kappa shape index (κ1) is 45.4. The molecule has 6 rings (SSSR count). The molecule has 0 spiro atoms. The molecule has 2 N–H and O–H groups in total. The average Bonchev–Trinajstić information content (AvgIpc) is 3.72. The molecule has 6 heterocycles. The largest absolute Gasteiger partial charge is 1.00 e. The fourth-order valence-corrected chi connectivity index (χ4v) is 8.61. The van der Waals surface area contributed by atoms with E-state index in [2.05, 4.69) is 30.9 Å². The van der Waals surface area contributed by atoms with Crippen LogP contribution >= 0.6 is 49.9 Å². The maximum atomic E-state index is 11.9. The molecule has 0 saturated heterocycles. The summed E-state index contributed by atoms with van der Waals surface area (Å²) in [4.78, 5) is 67.1. The summed E-state index contributed by atoms with van der Waals surface area (Å²) >= 11 is 7.46. The van der Waals surface area contributed by atoms with Crippen LogP contribution in [0, 0.1) is 0 Å². The van der Waals surface area contributed by atoms with Crippen molar-refractivity contribution < 1.29 is 57.4 Å². The molecule has 0 radical (unpaired) electrons. The molecule has 20 heteroatoms. The Morgan fingerprint density at radius 3 is 1.37 bits per heavy atom. The number of amides is 3. The third-order valence-electron chi connectivity index (χ3n) is 7.31. The van der Waals surface area contributed by atoms with E-state index < -0.39 is 22.8 Å². The molecule has 0 unspecified atom stereocenters. The van der Waals surface area contributed by atoms with Crippen molar-refractivity contribution in [3.63, 3.8) is 0 Å². The van der Waals surface area contributed by atoms with E-state index in [1.54, 1.807) is 46.8 Å². The van der Waals surface area contributed by atoms with Crippen LogP contribution in [0.5, 0.6) is 0 Å². The number of carbonyl (C=O) groups excluding carboxylic acids is 4. The van der Waals surface area contributed by atoms with Crippen LogP contribution in [0.4, 0.5) is 19.5 Å². The molecule has 0 bridgehead atoms. The number of ether oxygens (including phenoxy) is 3. The van der Waals surface area contributed by atoms with Gasteiger partial charge in [0, 0.05) is 53.5 Å². The maximum absolute atomic E-state index is 11.9. The normalized spacial score (nSPS) is 15.1. The quantitative estimate of drug-likeness (QED) is 0.278. The Kier molecular flexibility index (Phi) is 15.4. The number of thiazole rings is 3. The summed E-state index contributed by atoms with van der Waals surface area (Å²) in [6.45, 7) is 20.0. The molecule has 3 aromatic rings. The van der Waals surface area contributed by atoms with E-state index >= 15 is 0 Å². The first-order valence-corrected chi connectivity index (χ1v) is 20.2. The van der Waals surface area contributed by atoms with Crippen LogP contribution in [0.1, 0.15) is 104 Å². The molecule has 3 amide bonds. The predicted molar refractivity (Wildman–Crippen MR) is 204 cm³/mol. The van der Waals surface area contributed by atoms with Crippen LogP contribution < -0.4 is 29.7 Å². The van der Waals surface area contributed by atoms with E-state index in [0.717, 1.165) is 59.8 Å². The van der Waals surface area contributed by atoms with E-state index in [9.17, 15) is 24.3 Å². The second kappa shape index (κ2) is 18.3. The molecular weight excluding hydrogens is 817 g/mol. The number of nitrogen functional groups attached to an aromatic ring is 1. The fourth-order valence-electron chi connectivity index (χ4n) is 5.11. The van der Waals surface area contributed by atoms with E-state index in [0.29, 0.717) is 50.8 Å². The number of anilines is 1. The number of carbonyl (C=O) groups is 4. The summed E-state index contributed by atoms with van der Waals surface area (Å²) in [7, 11) is 0. The van der Waals surface area contributed by atoms with E-state index in [1.807, 2.05) is 41.5 Å². The van der Waals surface area contributed by atoms with E-state index in [-0.39, 0.29) is 42.1 Å². The molecule has 3 aromatic heterocycles. The summed E-state index contributed by atoms with van der Waals surface area (Å²) in [5.74, 6) is -1.27. The van der Waals surface area contributed by atoms with Gasteiger partial charge in [0.15, 0.2) is 9.05 Å². The molecule has 3 aliphatic rings. The second-order valence-electron chi connectivity index (χ2n) is 15.4. The number of nitrogens with zero attached hydrogens (tertiary/aromatic N) is 6. The van der Waals surface area contributed by atoms with Gasteiger partial charge in [0.25, 0.3) is 0 Å². The minimum Gasteiger partial charge on any atom is -0.542 e. The van der Waals surface area contributed by atoms with Crippen molar-refractivity contribution >= 4 is 79.3 Å². The Balaban J connectivity index is 0.000000216. The maximum Gasteiger partial charge on any atom is 1.00 e. The molecule has 54 heavy (non-hydrogen) atoms. The summed E-state index contributed by atoms with van der Waals surface area (Å²) in [5.41, 5.74) is 7.08. The van der Waals surface area contributed by atoms with Crippen LogP contribution in [0.25, 0.3) is 0 Å². The van der Waals surface area contributed by atoms with Gasteiger partial charge in [0.1, 0.15) is 27.8 Å². The molecule has 3 aliphatic heterocycles. The Bertz CT molecular complexity index is 1730. The van der Waals surface area contributed by atoms with Gasteiger partial charge in [0.05, 0.1) is 36.7 Å². The number of aromatic nitrogens is 3. The van der Waals surface area contributed by atoms with Crippen molar-refractivity contribution in [1.82, 2.24) is 29.7 Å². The minimum atomic E-state index is -1.27. The number of hydrogen-bond acceptors (Lipinski definition) is 15. The van der Waals surface area contributed by atoms with Crippen molar-refractivity contribution in [2.75, 3.05) is 25.4 Å². The van der Waals surface area contributed by atoms with Crippen molar-refractivity contribution in [3.8, 4) is 0 Å². The van der Waals surface area contributed by atoms with Gasteiger partial charge in [-0.15, -0.1) is 34.0 Å². The molecule has 292 valence electrons.